The van der Waals surface area contributed by atoms with Crippen molar-refractivity contribution in [2.24, 2.45) is 5.92 Å². The molecule has 0 saturated heterocycles. The van der Waals surface area contributed by atoms with Crippen molar-refractivity contribution < 1.29 is 9.59 Å². The number of carbonyl (C=O) groups is 2. The molecule has 0 bridgehead atoms. The molecule has 2 rings (SSSR count). The number of nitrogens with one attached hydrogen (secondary N) is 2. The highest BCUT2D eigenvalue weighted by Crippen LogP contribution is 2.23. The van der Waals surface area contributed by atoms with Gasteiger partial charge in [-0.25, -0.2) is 4.98 Å². The number of rotatable bonds is 6. The number of hydrogen-bond acceptors (Lipinski definition) is 4. The third kappa shape index (κ3) is 5.43. The van der Waals surface area contributed by atoms with Crippen molar-refractivity contribution >= 4 is 51.5 Å². The quantitative estimate of drug-likeness (QED) is 0.710. The van der Waals surface area contributed by atoms with Crippen molar-refractivity contribution in [1.82, 2.24) is 10.3 Å². The second-order valence-electron chi connectivity index (χ2n) is 6.43. The van der Waals surface area contributed by atoms with Gasteiger partial charge in [-0.3, -0.25) is 9.59 Å². The number of carbonyl (C=O) groups excluding carboxylic acids is 2. The van der Waals surface area contributed by atoms with Gasteiger partial charge >= 0.3 is 0 Å². The summed E-state index contributed by atoms with van der Waals surface area (Å²) in [6.07, 6.45) is 0.492. The topological polar surface area (TPSA) is 71.1 Å². The Hall–Kier alpha value is -1.63. The van der Waals surface area contributed by atoms with Crippen LogP contribution in [0, 0.1) is 19.8 Å². The summed E-state index contributed by atoms with van der Waals surface area (Å²) in [7, 11) is 0. The lowest BCUT2D eigenvalue weighted by molar-refractivity contribution is -0.118. The van der Waals surface area contributed by atoms with E-state index in [2.05, 4.69) is 15.6 Å². The van der Waals surface area contributed by atoms with Gasteiger partial charge in [0.05, 0.1) is 16.3 Å². The predicted octanol–water partition coefficient (Wildman–Crippen LogP) is 4.85. The maximum Gasteiger partial charge on any atom is 0.253 e. The Balaban J connectivity index is 2.15. The summed E-state index contributed by atoms with van der Waals surface area (Å²) in [5.74, 6) is -0.503. The van der Waals surface area contributed by atoms with Gasteiger partial charge < -0.3 is 10.6 Å². The first-order valence-corrected chi connectivity index (χ1v) is 9.75. The summed E-state index contributed by atoms with van der Waals surface area (Å²) in [6.45, 7) is 7.80. The molecule has 8 heteroatoms. The van der Waals surface area contributed by atoms with Crippen LogP contribution in [0.5, 0.6) is 0 Å². The first kappa shape index (κ1) is 20.7. The molecular formula is C18H21Cl2N3O2S. The summed E-state index contributed by atoms with van der Waals surface area (Å²) in [5.41, 5.74) is 1.15. The molecule has 1 unspecified atom stereocenters. The zero-order valence-corrected chi connectivity index (χ0v) is 17.4. The molecule has 26 heavy (non-hydrogen) atoms. The number of hydrogen-bond donors (Lipinski definition) is 2. The fraction of sp³-hybridized carbons (Fsp3) is 0.389. The highest BCUT2D eigenvalue weighted by atomic mass is 35.5. The molecular weight excluding hydrogens is 393 g/mol. The minimum absolute atomic E-state index is 0.214. The van der Waals surface area contributed by atoms with E-state index >= 15 is 0 Å². The minimum atomic E-state index is -0.696. The SMILES string of the molecule is Cc1nc(NC(=O)C(CC(C)C)NC(=O)c2ccc(Cl)cc2Cl)sc1C. The van der Waals surface area contributed by atoms with Crippen LogP contribution in [0.1, 0.15) is 41.2 Å². The summed E-state index contributed by atoms with van der Waals surface area (Å²) in [5, 5.41) is 6.76. The number of halogens is 2. The Bertz CT molecular complexity index is 801. The Morgan fingerprint density at radius 3 is 2.46 bits per heavy atom. The summed E-state index contributed by atoms with van der Waals surface area (Å²) < 4.78 is 0. The summed E-state index contributed by atoms with van der Waals surface area (Å²) in [4.78, 5) is 30.6. The molecule has 2 N–H and O–H groups in total. The van der Waals surface area contributed by atoms with Crippen molar-refractivity contribution in [2.45, 2.75) is 40.2 Å². The number of aryl methyl sites for hydroxylation is 2. The van der Waals surface area contributed by atoms with Crippen LogP contribution >= 0.6 is 34.5 Å². The molecule has 0 radical (unpaired) electrons. The zero-order valence-electron chi connectivity index (χ0n) is 15.0. The van der Waals surface area contributed by atoms with E-state index < -0.39 is 11.9 Å². The van der Waals surface area contributed by atoms with E-state index in [1.54, 1.807) is 6.07 Å². The molecule has 0 spiro atoms. The van der Waals surface area contributed by atoms with E-state index in [1.807, 2.05) is 27.7 Å². The zero-order chi connectivity index (χ0) is 19.4. The van der Waals surface area contributed by atoms with E-state index in [1.165, 1.54) is 23.5 Å². The fourth-order valence-electron chi connectivity index (χ4n) is 2.33. The van der Waals surface area contributed by atoms with Crippen LogP contribution < -0.4 is 10.6 Å². The second-order valence-corrected chi connectivity index (χ2v) is 8.48. The molecule has 1 aromatic heterocycles. The Morgan fingerprint density at radius 1 is 1.23 bits per heavy atom. The highest BCUT2D eigenvalue weighted by Gasteiger charge is 2.24. The van der Waals surface area contributed by atoms with E-state index in [9.17, 15) is 9.59 Å². The number of thiazole rings is 1. The number of anilines is 1. The third-order valence-corrected chi connectivity index (χ3v) is 5.30. The van der Waals surface area contributed by atoms with Crippen molar-refractivity contribution in [3.63, 3.8) is 0 Å². The molecule has 0 aliphatic carbocycles. The number of benzene rings is 1. The monoisotopic (exact) mass is 413 g/mol. The van der Waals surface area contributed by atoms with Crippen molar-refractivity contribution in [3.8, 4) is 0 Å². The molecule has 140 valence electrons. The first-order valence-electron chi connectivity index (χ1n) is 8.18. The lowest BCUT2D eigenvalue weighted by Gasteiger charge is -2.20. The largest absolute Gasteiger partial charge is 0.340 e. The average Bonchev–Trinajstić information content (AvgIpc) is 2.83. The lowest BCUT2D eigenvalue weighted by atomic mass is 10.0. The first-order chi connectivity index (χ1) is 12.2. The van der Waals surface area contributed by atoms with Gasteiger partial charge in [0.2, 0.25) is 5.91 Å². The maximum absolute atomic E-state index is 12.7. The van der Waals surface area contributed by atoms with E-state index in [4.69, 9.17) is 23.2 Å². The molecule has 0 fully saturated rings. The molecule has 1 aromatic carbocycles. The molecule has 1 atom stereocenters. The van der Waals surface area contributed by atoms with Crippen LogP contribution in [-0.2, 0) is 4.79 Å². The van der Waals surface area contributed by atoms with E-state index in [-0.39, 0.29) is 22.4 Å². The van der Waals surface area contributed by atoms with Crippen LogP contribution in [-0.4, -0.2) is 22.8 Å². The minimum Gasteiger partial charge on any atom is -0.340 e. The van der Waals surface area contributed by atoms with Gasteiger partial charge in [0.25, 0.3) is 5.91 Å². The molecule has 0 aliphatic heterocycles. The Morgan fingerprint density at radius 2 is 1.92 bits per heavy atom. The summed E-state index contributed by atoms with van der Waals surface area (Å²) >= 11 is 13.4. The van der Waals surface area contributed by atoms with Gasteiger partial charge in [-0.2, -0.15) is 0 Å². The standard InChI is InChI=1S/C18H21Cl2N3O2S/c1-9(2)7-15(17(25)23-18-21-10(3)11(4)26-18)22-16(24)13-6-5-12(19)8-14(13)20/h5-6,8-9,15H,7H2,1-4H3,(H,22,24)(H,21,23,25). The number of amides is 2. The molecule has 0 aliphatic rings. The molecule has 1 heterocycles. The van der Waals surface area contributed by atoms with Crippen molar-refractivity contribution in [1.29, 1.82) is 0 Å². The smallest absolute Gasteiger partial charge is 0.253 e. The van der Waals surface area contributed by atoms with Gasteiger partial charge in [0.15, 0.2) is 5.13 Å². The van der Waals surface area contributed by atoms with Gasteiger partial charge in [0.1, 0.15) is 6.04 Å². The molecule has 5 nitrogen and oxygen atoms in total. The summed E-state index contributed by atoms with van der Waals surface area (Å²) in [6, 6.07) is 3.92. The lowest BCUT2D eigenvalue weighted by Crippen LogP contribution is -2.44. The van der Waals surface area contributed by atoms with Gasteiger partial charge in [-0.1, -0.05) is 37.0 Å². The van der Waals surface area contributed by atoms with Crippen LogP contribution in [0.3, 0.4) is 0 Å². The van der Waals surface area contributed by atoms with Crippen LogP contribution in [0.25, 0.3) is 0 Å². The second kappa shape index (κ2) is 8.84. The molecule has 2 amide bonds. The average molecular weight is 414 g/mol. The Labute approximate surface area is 167 Å². The van der Waals surface area contributed by atoms with Gasteiger partial charge in [0, 0.05) is 9.90 Å². The normalized spacial score (nSPS) is 12.1. The van der Waals surface area contributed by atoms with E-state index in [0.29, 0.717) is 16.6 Å². The van der Waals surface area contributed by atoms with Crippen LogP contribution in [0.2, 0.25) is 10.0 Å². The van der Waals surface area contributed by atoms with Crippen molar-refractivity contribution in [3.05, 3.63) is 44.4 Å². The number of nitrogens with zero attached hydrogens (tertiary/aromatic N) is 1. The van der Waals surface area contributed by atoms with Crippen LogP contribution in [0.15, 0.2) is 18.2 Å². The molecule has 2 aromatic rings. The van der Waals surface area contributed by atoms with Gasteiger partial charge in [-0.15, -0.1) is 11.3 Å². The van der Waals surface area contributed by atoms with Crippen LogP contribution in [0.4, 0.5) is 5.13 Å². The number of aromatic nitrogens is 1. The Kier molecular flexibility index (Phi) is 7.03. The molecule has 0 saturated carbocycles. The third-order valence-electron chi connectivity index (χ3n) is 3.76. The van der Waals surface area contributed by atoms with Gasteiger partial charge in [-0.05, 0) is 44.4 Å². The highest BCUT2D eigenvalue weighted by molar-refractivity contribution is 7.15. The van der Waals surface area contributed by atoms with Crippen molar-refractivity contribution in [2.75, 3.05) is 5.32 Å². The van der Waals surface area contributed by atoms with E-state index in [0.717, 1.165) is 10.6 Å². The maximum atomic E-state index is 12.7. The fourth-order valence-corrected chi connectivity index (χ4v) is 3.64. The predicted molar refractivity (Wildman–Crippen MR) is 107 cm³/mol.